The summed E-state index contributed by atoms with van der Waals surface area (Å²) in [5, 5.41) is 12.3. The van der Waals surface area contributed by atoms with Gasteiger partial charge in [0.2, 0.25) is 0 Å². The van der Waals surface area contributed by atoms with Crippen LogP contribution in [0, 0.1) is 14.9 Å². The number of hydrogen-bond acceptors (Lipinski definition) is 4. The Hall–Kier alpha value is -2.83. The van der Waals surface area contributed by atoms with Gasteiger partial charge in [-0.15, -0.1) is 0 Å². The van der Waals surface area contributed by atoms with Crippen LogP contribution in [0.15, 0.2) is 76.8 Å². The van der Waals surface area contributed by atoms with Gasteiger partial charge in [-0.25, -0.2) is 0 Å². The maximum atomic E-state index is 12.5. The molecule has 1 N–H and O–H groups in total. The minimum atomic E-state index is -0.471. The Kier molecular flexibility index (Phi) is 8.71. The summed E-state index contributed by atoms with van der Waals surface area (Å²) >= 11 is 5.70. The van der Waals surface area contributed by atoms with Crippen molar-refractivity contribution in [1.29, 1.82) is 5.26 Å². The number of hydrogen-bond donors (Lipinski definition) is 1. The summed E-state index contributed by atoms with van der Waals surface area (Å²) in [6, 6.07) is 22.5. The zero-order valence-corrected chi connectivity index (χ0v) is 21.0. The van der Waals surface area contributed by atoms with Gasteiger partial charge in [0, 0.05) is 15.7 Å². The first-order chi connectivity index (χ1) is 15.5. The van der Waals surface area contributed by atoms with E-state index in [0.717, 1.165) is 13.6 Å². The van der Waals surface area contributed by atoms with Crippen LogP contribution in [0.2, 0.25) is 0 Å². The second-order valence-corrected chi connectivity index (χ2v) is 8.65. The highest BCUT2D eigenvalue weighted by atomic mass is 127. The molecule has 32 heavy (non-hydrogen) atoms. The fraction of sp³-hybridized carbons (Fsp3) is 0.120. The lowest BCUT2D eigenvalue weighted by Crippen LogP contribution is -2.13. The molecule has 1 amide bonds. The maximum absolute atomic E-state index is 12.5. The number of anilines is 1. The van der Waals surface area contributed by atoms with E-state index >= 15 is 0 Å². The third-order valence-electron chi connectivity index (χ3n) is 4.37. The first-order valence-corrected chi connectivity index (χ1v) is 11.7. The highest BCUT2D eigenvalue weighted by molar-refractivity contribution is 14.1. The van der Waals surface area contributed by atoms with E-state index in [2.05, 4.69) is 43.8 Å². The molecule has 5 nitrogen and oxygen atoms in total. The van der Waals surface area contributed by atoms with Gasteiger partial charge in [0.1, 0.15) is 18.2 Å². The number of carbonyl (C=O) groups is 1. The van der Waals surface area contributed by atoms with Crippen LogP contribution in [-0.4, -0.2) is 12.5 Å². The smallest absolute Gasteiger partial charge is 0.266 e. The molecule has 0 aliphatic heterocycles. The second kappa shape index (κ2) is 11.7. The van der Waals surface area contributed by atoms with Gasteiger partial charge in [0.15, 0.2) is 11.5 Å². The zero-order chi connectivity index (χ0) is 22.9. The first-order valence-electron chi connectivity index (χ1n) is 9.82. The Bertz CT molecular complexity index is 1170. The first kappa shape index (κ1) is 23.8. The fourth-order valence-electron chi connectivity index (χ4n) is 2.87. The van der Waals surface area contributed by atoms with Gasteiger partial charge in [-0.1, -0.05) is 52.3 Å². The molecule has 0 aliphatic carbocycles. The van der Waals surface area contributed by atoms with Crippen molar-refractivity contribution in [3.63, 3.8) is 0 Å². The number of amides is 1. The van der Waals surface area contributed by atoms with Crippen molar-refractivity contribution in [1.82, 2.24) is 0 Å². The number of rotatable bonds is 8. The van der Waals surface area contributed by atoms with Crippen molar-refractivity contribution in [3.8, 4) is 17.6 Å². The third kappa shape index (κ3) is 6.34. The number of nitriles is 1. The molecular formula is C25H20BrIN2O3. The minimum absolute atomic E-state index is 0.00557. The lowest BCUT2D eigenvalue weighted by Gasteiger charge is -2.15. The second-order valence-electron chi connectivity index (χ2n) is 6.63. The molecule has 0 heterocycles. The van der Waals surface area contributed by atoms with Crippen molar-refractivity contribution in [2.24, 2.45) is 0 Å². The summed E-state index contributed by atoms with van der Waals surface area (Å²) in [5.41, 5.74) is 2.30. The van der Waals surface area contributed by atoms with E-state index in [0.29, 0.717) is 36.0 Å². The molecule has 3 rings (SSSR count). The molecule has 3 aromatic carbocycles. The number of benzene rings is 3. The fourth-order valence-corrected chi connectivity index (χ4v) is 4.06. The van der Waals surface area contributed by atoms with Crippen LogP contribution in [-0.2, 0) is 11.4 Å². The molecule has 0 aliphatic rings. The maximum Gasteiger partial charge on any atom is 0.266 e. The molecule has 0 radical (unpaired) electrons. The quantitative estimate of drug-likeness (QED) is 0.180. The summed E-state index contributed by atoms with van der Waals surface area (Å²) < 4.78 is 13.6. The van der Waals surface area contributed by atoms with E-state index in [9.17, 15) is 10.1 Å². The van der Waals surface area contributed by atoms with Crippen LogP contribution in [0.3, 0.4) is 0 Å². The molecule has 0 fully saturated rings. The number of nitrogens with zero attached hydrogens (tertiary/aromatic N) is 1. The predicted molar refractivity (Wildman–Crippen MR) is 137 cm³/mol. The zero-order valence-electron chi connectivity index (χ0n) is 17.3. The number of para-hydroxylation sites is 1. The van der Waals surface area contributed by atoms with E-state index in [1.807, 2.05) is 61.5 Å². The normalized spacial score (nSPS) is 10.9. The molecule has 0 saturated carbocycles. The van der Waals surface area contributed by atoms with Gasteiger partial charge in [0.25, 0.3) is 5.91 Å². The molecule has 162 valence electrons. The van der Waals surface area contributed by atoms with Gasteiger partial charge >= 0.3 is 0 Å². The molecule has 0 bridgehead atoms. The van der Waals surface area contributed by atoms with Crippen LogP contribution in [0.25, 0.3) is 6.08 Å². The molecule has 3 aromatic rings. The highest BCUT2D eigenvalue weighted by Gasteiger charge is 2.15. The number of halogens is 2. The average Bonchev–Trinajstić information content (AvgIpc) is 2.79. The summed E-state index contributed by atoms with van der Waals surface area (Å²) in [6.07, 6.45) is 1.54. The standard InChI is InChI=1S/C25H20BrIN2O3/c1-2-31-23-14-17(12-19(15-28)25(30)29-20-9-4-3-5-10-20)13-22(27)24(23)32-16-18-8-6-7-11-21(18)26/h3-14H,2,16H2,1H3,(H,29,30)/b19-12+. The number of ether oxygens (including phenoxy) is 2. The summed E-state index contributed by atoms with van der Waals surface area (Å²) in [4.78, 5) is 12.5. The Morgan fingerprint density at radius 1 is 1.12 bits per heavy atom. The van der Waals surface area contributed by atoms with Crippen molar-refractivity contribution in [2.45, 2.75) is 13.5 Å². The third-order valence-corrected chi connectivity index (χ3v) is 5.94. The Labute approximate surface area is 209 Å². The molecule has 0 unspecified atom stereocenters. The van der Waals surface area contributed by atoms with Gasteiger partial charge < -0.3 is 14.8 Å². The van der Waals surface area contributed by atoms with Crippen molar-refractivity contribution in [3.05, 3.63) is 91.5 Å². The molecular weight excluding hydrogens is 583 g/mol. The van der Waals surface area contributed by atoms with Gasteiger partial charge in [0.05, 0.1) is 10.2 Å². The van der Waals surface area contributed by atoms with E-state index < -0.39 is 5.91 Å². The van der Waals surface area contributed by atoms with Crippen LogP contribution < -0.4 is 14.8 Å². The molecule has 0 spiro atoms. The Balaban J connectivity index is 1.86. The average molecular weight is 603 g/mol. The lowest BCUT2D eigenvalue weighted by atomic mass is 10.1. The molecule has 7 heteroatoms. The van der Waals surface area contributed by atoms with E-state index in [-0.39, 0.29) is 5.57 Å². The predicted octanol–water partition coefficient (Wildman–Crippen LogP) is 6.58. The van der Waals surface area contributed by atoms with Crippen LogP contribution in [0.1, 0.15) is 18.1 Å². The van der Waals surface area contributed by atoms with Crippen LogP contribution in [0.4, 0.5) is 5.69 Å². The molecule has 0 atom stereocenters. The molecule has 0 saturated heterocycles. The largest absolute Gasteiger partial charge is 0.490 e. The van der Waals surface area contributed by atoms with Crippen molar-refractivity contribution >= 4 is 56.2 Å². The van der Waals surface area contributed by atoms with Gasteiger partial charge in [-0.05, 0) is 71.5 Å². The summed E-state index contributed by atoms with van der Waals surface area (Å²) in [6.45, 7) is 2.71. The van der Waals surface area contributed by atoms with Gasteiger partial charge in [-0.2, -0.15) is 5.26 Å². The SMILES string of the molecule is CCOc1cc(/C=C(\C#N)C(=O)Nc2ccccc2)cc(I)c1OCc1ccccc1Br. The van der Waals surface area contributed by atoms with E-state index in [1.165, 1.54) is 0 Å². The minimum Gasteiger partial charge on any atom is -0.490 e. The topological polar surface area (TPSA) is 71.3 Å². The van der Waals surface area contributed by atoms with E-state index in [1.54, 1.807) is 24.3 Å². The lowest BCUT2D eigenvalue weighted by molar-refractivity contribution is -0.112. The highest BCUT2D eigenvalue weighted by Crippen LogP contribution is 2.36. The molecule has 0 aromatic heterocycles. The summed E-state index contributed by atoms with van der Waals surface area (Å²) in [5.74, 6) is 0.701. The van der Waals surface area contributed by atoms with Gasteiger partial charge in [-0.3, -0.25) is 4.79 Å². The van der Waals surface area contributed by atoms with Crippen molar-refractivity contribution < 1.29 is 14.3 Å². The van der Waals surface area contributed by atoms with E-state index in [4.69, 9.17) is 9.47 Å². The Morgan fingerprint density at radius 2 is 1.84 bits per heavy atom. The summed E-state index contributed by atoms with van der Waals surface area (Å²) in [7, 11) is 0. The Morgan fingerprint density at radius 3 is 2.53 bits per heavy atom. The number of nitrogens with one attached hydrogen (secondary N) is 1. The van der Waals surface area contributed by atoms with Crippen LogP contribution >= 0.6 is 38.5 Å². The monoisotopic (exact) mass is 602 g/mol. The van der Waals surface area contributed by atoms with Crippen LogP contribution in [0.5, 0.6) is 11.5 Å². The van der Waals surface area contributed by atoms with Crippen molar-refractivity contribution in [2.75, 3.05) is 11.9 Å². The number of carbonyl (C=O) groups excluding carboxylic acids is 1.